The lowest BCUT2D eigenvalue weighted by atomic mass is 10.2. The highest BCUT2D eigenvalue weighted by atomic mass is 32.2. The summed E-state index contributed by atoms with van der Waals surface area (Å²) < 4.78 is 16.0. The number of thioether (sulfide) groups is 1. The zero-order chi connectivity index (χ0) is 20.1. The van der Waals surface area contributed by atoms with E-state index in [2.05, 4.69) is 10.5 Å². The van der Waals surface area contributed by atoms with Crippen molar-refractivity contribution in [2.75, 3.05) is 0 Å². The Balaban J connectivity index is 1.69. The van der Waals surface area contributed by atoms with Crippen molar-refractivity contribution in [2.45, 2.75) is 30.9 Å². The lowest BCUT2D eigenvalue weighted by Gasteiger charge is -2.10. The molecule has 28 heavy (non-hydrogen) atoms. The second-order valence-electron chi connectivity index (χ2n) is 6.42. The maximum atomic E-state index is 14.2. The molecule has 4 nitrogen and oxygen atoms in total. The largest absolute Gasteiger partial charge is 0.315 e. The number of halogens is 1. The Hall–Kier alpha value is -2.86. The first kappa shape index (κ1) is 19.9. The summed E-state index contributed by atoms with van der Waals surface area (Å²) in [6, 6.07) is 18.3. The van der Waals surface area contributed by atoms with E-state index < -0.39 is 0 Å². The lowest BCUT2D eigenvalue weighted by molar-refractivity contribution is -0.120. The molecule has 1 atom stereocenters. The van der Waals surface area contributed by atoms with Crippen molar-refractivity contribution in [3.63, 3.8) is 0 Å². The van der Waals surface area contributed by atoms with Crippen molar-refractivity contribution >= 4 is 23.9 Å². The molecule has 0 fully saturated rings. The number of aromatic nitrogens is 1. The average molecular weight is 396 g/mol. The van der Waals surface area contributed by atoms with Crippen LogP contribution in [0.4, 0.5) is 4.39 Å². The number of aryl methyl sites for hydroxylation is 1. The molecule has 0 spiro atoms. The molecule has 6 heteroatoms. The Morgan fingerprint density at radius 1 is 1.14 bits per heavy atom. The number of carbonyl (C=O) groups excluding carboxylic acids is 1. The normalized spacial score (nSPS) is 12.3. The maximum absolute atomic E-state index is 14.2. The van der Waals surface area contributed by atoms with Gasteiger partial charge in [-0.3, -0.25) is 4.79 Å². The zero-order valence-corrected chi connectivity index (χ0v) is 16.8. The third kappa shape index (κ3) is 4.51. The fourth-order valence-electron chi connectivity index (χ4n) is 2.94. The summed E-state index contributed by atoms with van der Waals surface area (Å²) in [4.78, 5) is 13.3. The van der Waals surface area contributed by atoms with E-state index in [9.17, 15) is 9.18 Å². The van der Waals surface area contributed by atoms with Gasteiger partial charge in [-0.1, -0.05) is 30.3 Å². The standard InChI is InChI=1S/C22H22FN3OS/c1-15-13-18(16(2)26(15)21-12-8-7-11-20(21)23)14-24-25-22(27)17(3)28-19-9-5-4-6-10-19/h4-14,17H,1-3H3,(H,25,27)/b24-14-/t17-/m0/s1. The van der Waals surface area contributed by atoms with Crippen LogP contribution in [0.2, 0.25) is 0 Å². The van der Waals surface area contributed by atoms with Crippen LogP contribution in [0.1, 0.15) is 23.9 Å². The highest BCUT2D eigenvalue weighted by molar-refractivity contribution is 8.00. The molecule has 0 unspecified atom stereocenters. The molecule has 1 amide bonds. The van der Waals surface area contributed by atoms with Gasteiger partial charge in [0.1, 0.15) is 5.82 Å². The number of para-hydroxylation sites is 1. The Bertz CT molecular complexity index is 998. The first-order valence-electron chi connectivity index (χ1n) is 8.96. The van der Waals surface area contributed by atoms with Crippen LogP contribution < -0.4 is 5.43 Å². The van der Waals surface area contributed by atoms with Gasteiger partial charge < -0.3 is 4.57 Å². The van der Waals surface area contributed by atoms with E-state index in [0.717, 1.165) is 21.8 Å². The highest BCUT2D eigenvalue weighted by Crippen LogP contribution is 2.23. The van der Waals surface area contributed by atoms with E-state index in [4.69, 9.17) is 0 Å². The molecule has 0 saturated carbocycles. The number of nitrogens with one attached hydrogen (secondary N) is 1. The molecule has 144 valence electrons. The van der Waals surface area contributed by atoms with Gasteiger partial charge in [-0.25, -0.2) is 9.82 Å². The smallest absolute Gasteiger partial charge is 0.253 e. The third-order valence-corrected chi connectivity index (χ3v) is 5.48. The number of hydrazone groups is 1. The summed E-state index contributed by atoms with van der Waals surface area (Å²) in [7, 11) is 0. The molecule has 1 heterocycles. The molecule has 1 aromatic heterocycles. The fourth-order valence-corrected chi connectivity index (χ4v) is 3.82. The second-order valence-corrected chi connectivity index (χ2v) is 7.83. The van der Waals surface area contributed by atoms with Crippen molar-refractivity contribution in [3.05, 3.63) is 83.4 Å². The topological polar surface area (TPSA) is 46.4 Å². The Kier molecular flexibility index (Phi) is 6.31. The molecule has 2 aromatic carbocycles. The van der Waals surface area contributed by atoms with Gasteiger partial charge in [-0.05, 0) is 51.1 Å². The van der Waals surface area contributed by atoms with Crippen LogP contribution in [-0.2, 0) is 4.79 Å². The van der Waals surface area contributed by atoms with Gasteiger partial charge in [-0.15, -0.1) is 11.8 Å². The molecule has 0 aliphatic heterocycles. The third-order valence-electron chi connectivity index (χ3n) is 4.37. The van der Waals surface area contributed by atoms with Crippen LogP contribution in [0, 0.1) is 19.7 Å². The molecular formula is C22H22FN3OS. The van der Waals surface area contributed by atoms with E-state index >= 15 is 0 Å². The van der Waals surface area contributed by atoms with Crippen LogP contribution in [0.3, 0.4) is 0 Å². The van der Waals surface area contributed by atoms with Gasteiger partial charge in [0.15, 0.2) is 0 Å². The number of benzene rings is 2. The number of rotatable bonds is 6. The van der Waals surface area contributed by atoms with Crippen LogP contribution in [0.5, 0.6) is 0 Å². The van der Waals surface area contributed by atoms with E-state index in [-0.39, 0.29) is 17.0 Å². The van der Waals surface area contributed by atoms with Gasteiger partial charge in [0.2, 0.25) is 0 Å². The molecule has 0 saturated heterocycles. The maximum Gasteiger partial charge on any atom is 0.253 e. The van der Waals surface area contributed by atoms with Gasteiger partial charge in [0.25, 0.3) is 5.91 Å². The number of nitrogens with zero attached hydrogens (tertiary/aromatic N) is 2. The SMILES string of the molecule is Cc1cc(/C=N\NC(=O)[C@H](C)Sc2ccccc2)c(C)n1-c1ccccc1F. The van der Waals surface area contributed by atoms with Gasteiger partial charge in [0, 0.05) is 21.8 Å². The first-order valence-corrected chi connectivity index (χ1v) is 9.84. The zero-order valence-electron chi connectivity index (χ0n) is 16.0. The Labute approximate surface area is 168 Å². The minimum atomic E-state index is -0.284. The molecule has 0 bridgehead atoms. The van der Waals surface area contributed by atoms with Crippen LogP contribution in [0.25, 0.3) is 5.69 Å². The van der Waals surface area contributed by atoms with Crippen LogP contribution >= 0.6 is 11.8 Å². The minimum Gasteiger partial charge on any atom is -0.315 e. The molecule has 3 rings (SSSR count). The van der Waals surface area contributed by atoms with Crippen molar-refractivity contribution in [3.8, 4) is 5.69 Å². The number of amides is 1. The van der Waals surface area contributed by atoms with E-state index in [1.165, 1.54) is 17.8 Å². The molecular weight excluding hydrogens is 373 g/mol. The van der Waals surface area contributed by atoms with E-state index in [0.29, 0.717) is 5.69 Å². The predicted molar refractivity (Wildman–Crippen MR) is 113 cm³/mol. The minimum absolute atomic E-state index is 0.173. The quantitative estimate of drug-likeness (QED) is 0.368. The van der Waals surface area contributed by atoms with Gasteiger partial charge >= 0.3 is 0 Å². The molecule has 0 aliphatic rings. The van der Waals surface area contributed by atoms with E-state index in [1.807, 2.05) is 61.7 Å². The van der Waals surface area contributed by atoms with Crippen molar-refractivity contribution in [1.29, 1.82) is 0 Å². The van der Waals surface area contributed by atoms with Gasteiger partial charge in [-0.2, -0.15) is 5.10 Å². The van der Waals surface area contributed by atoms with E-state index in [1.54, 1.807) is 24.4 Å². The fraction of sp³-hybridized carbons (Fsp3) is 0.182. The molecule has 3 aromatic rings. The van der Waals surface area contributed by atoms with Crippen LogP contribution in [0.15, 0.2) is 70.7 Å². The molecule has 1 N–H and O–H groups in total. The van der Waals surface area contributed by atoms with Crippen molar-refractivity contribution < 1.29 is 9.18 Å². The lowest BCUT2D eigenvalue weighted by Crippen LogP contribution is -2.26. The summed E-state index contributed by atoms with van der Waals surface area (Å²) >= 11 is 1.47. The Morgan fingerprint density at radius 2 is 1.82 bits per heavy atom. The average Bonchev–Trinajstić information content (AvgIpc) is 2.96. The van der Waals surface area contributed by atoms with Crippen LogP contribution in [-0.4, -0.2) is 21.9 Å². The van der Waals surface area contributed by atoms with Crippen molar-refractivity contribution in [1.82, 2.24) is 9.99 Å². The summed E-state index contributed by atoms with van der Waals surface area (Å²) in [6.07, 6.45) is 1.59. The summed E-state index contributed by atoms with van der Waals surface area (Å²) in [5.41, 5.74) is 5.65. The number of carbonyl (C=O) groups is 1. The Morgan fingerprint density at radius 3 is 2.54 bits per heavy atom. The van der Waals surface area contributed by atoms with Crippen molar-refractivity contribution in [2.24, 2.45) is 5.10 Å². The van der Waals surface area contributed by atoms with Gasteiger partial charge in [0.05, 0.1) is 17.2 Å². The predicted octanol–water partition coefficient (Wildman–Crippen LogP) is 4.86. The number of hydrogen-bond acceptors (Lipinski definition) is 3. The first-order chi connectivity index (χ1) is 13.5. The molecule has 0 aliphatic carbocycles. The summed E-state index contributed by atoms with van der Waals surface area (Å²) in [5, 5.41) is 3.82. The molecule has 0 radical (unpaired) electrons. The highest BCUT2D eigenvalue weighted by Gasteiger charge is 2.14. The summed E-state index contributed by atoms with van der Waals surface area (Å²) in [5.74, 6) is -0.458. The monoisotopic (exact) mass is 395 g/mol. The second kappa shape index (κ2) is 8.89. The number of hydrogen-bond donors (Lipinski definition) is 1. The summed E-state index contributed by atoms with van der Waals surface area (Å²) in [6.45, 7) is 5.65.